The summed E-state index contributed by atoms with van der Waals surface area (Å²) < 4.78 is 1.02. The van der Waals surface area contributed by atoms with Crippen LogP contribution in [0.2, 0.25) is 0 Å². The molecule has 114 valence electrons. The lowest BCUT2D eigenvalue weighted by Gasteiger charge is -2.26. The Morgan fingerprint density at radius 1 is 1.23 bits per heavy atom. The van der Waals surface area contributed by atoms with Gasteiger partial charge in [-0.1, -0.05) is 34.1 Å². The fraction of sp³-hybridized carbons (Fsp3) is 0.278. The number of carbonyl (C=O) groups is 1. The van der Waals surface area contributed by atoms with Crippen molar-refractivity contribution in [1.82, 2.24) is 5.32 Å². The molecule has 1 amide bonds. The average Bonchev–Trinajstić information content (AvgIpc) is 2.49. The number of nitrogen functional groups attached to an aromatic ring is 1. The molecule has 0 bridgehead atoms. The number of hydrogen-bond acceptors (Lipinski definition) is 2. The molecule has 1 aliphatic carbocycles. The second-order valence-corrected chi connectivity index (χ2v) is 6.69. The highest BCUT2D eigenvalue weighted by atomic mass is 79.9. The van der Waals surface area contributed by atoms with E-state index in [2.05, 4.69) is 27.3 Å². The van der Waals surface area contributed by atoms with Crippen LogP contribution in [0.5, 0.6) is 0 Å². The summed E-state index contributed by atoms with van der Waals surface area (Å²) in [5, 5.41) is 3.17. The van der Waals surface area contributed by atoms with Crippen molar-refractivity contribution in [2.24, 2.45) is 0 Å². The van der Waals surface area contributed by atoms with E-state index in [1.54, 1.807) is 0 Å². The summed E-state index contributed by atoms with van der Waals surface area (Å²) >= 11 is 3.40. The van der Waals surface area contributed by atoms with Gasteiger partial charge < -0.3 is 11.1 Å². The quantitative estimate of drug-likeness (QED) is 0.820. The Balaban J connectivity index is 1.69. The molecule has 1 unspecified atom stereocenters. The SMILES string of the molecule is Nc1ccc2c(c1)CCCC2NC(=O)Cc1ccc(Br)cc1. The summed E-state index contributed by atoms with van der Waals surface area (Å²) in [5.74, 6) is 0.0667. The van der Waals surface area contributed by atoms with Crippen molar-refractivity contribution in [2.45, 2.75) is 31.7 Å². The number of nitrogens with one attached hydrogen (secondary N) is 1. The molecule has 2 aromatic rings. The molecule has 3 N–H and O–H groups in total. The van der Waals surface area contributed by atoms with Crippen LogP contribution < -0.4 is 11.1 Å². The molecular formula is C18H19BrN2O. The molecule has 1 atom stereocenters. The fourth-order valence-corrected chi connectivity index (χ4v) is 3.28. The van der Waals surface area contributed by atoms with E-state index in [1.165, 1.54) is 11.1 Å². The number of aryl methyl sites for hydroxylation is 1. The Morgan fingerprint density at radius 2 is 2.00 bits per heavy atom. The molecule has 0 heterocycles. The Bertz CT molecular complexity index is 682. The second kappa shape index (κ2) is 6.53. The zero-order valence-corrected chi connectivity index (χ0v) is 13.9. The predicted octanol–water partition coefficient (Wildman–Crippen LogP) is 3.77. The summed E-state index contributed by atoms with van der Waals surface area (Å²) in [6.07, 6.45) is 3.52. The van der Waals surface area contributed by atoms with Crippen molar-refractivity contribution in [3.8, 4) is 0 Å². The minimum absolute atomic E-state index is 0.0667. The van der Waals surface area contributed by atoms with Gasteiger partial charge in [-0.05, 0) is 60.2 Å². The molecule has 0 aromatic heterocycles. The molecule has 0 fully saturated rings. The number of amides is 1. The highest BCUT2D eigenvalue weighted by molar-refractivity contribution is 9.10. The number of rotatable bonds is 3. The van der Waals surface area contributed by atoms with E-state index in [0.717, 1.165) is 35.0 Å². The minimum Gasteiger partial charge on any atom is -0.399 e. The molecule has 0 saturated heterocycles. The largest absolute Gasteiger partial charge is 0.399 e. The van der Waals surface area contributed by atoms with Gasteiger partial charge >= 0.3 is 0 Å². The van der Waals surface area contributed by atoms with Gasteiger partial charge in [0, 0.05) is 10.2 Å². The van der Waals surface area contributed by atoms with Gasteiger partial charge in [-0.15, -0.1) is 0 Å². The van der Waals surface area contributed by atoms with E-state index in [4.69, 9.17) is 5.73 Å². The Kier molecular flexibility index (Phi) is 4.48. The topological polar surface area (TPSA) is 55.1 Å². The van der Waals surface area contributed by atoms with Crippen molar-refractivity contribution < 1.29 is 4.79 Å². The number of nitrogens with two attached hydrogens (primary N) is 1. The molecule has 0 spiro atoms. The van der Waals surface area contributed by atoms with Crippen LogP contribution in [0.25, 0.3) is 0 Å². The third-order valence-corrected chi connectivity index (χ3v) is 4.62. The number of halogens is 1. The van der Waals surface area contributed by atoms with Crippen LogP contribution in [0.1, 0.15) is 35.6 Å². The first-order valence-electron chi connectivity index (χ1n) is 7.54. The van der Waals surface area contributed by atoms with Crippen LogP contribution in [-0.4, -0.2) is 5.91 Å². The molecule has 1 aliphatic rings. The molecular weight excluding hydrogens is 340 g/mol. The Morgan fingerprint density at radius 3 is 2.77 bits per heavy atom. The van der Waals surface area contributed by atoms with E-state index in [-0.39, 0.29) is 11.9 Å². The Hall–Kier alpha value is -1.81. The predicted molar refractivity (Wildman–Crippen MR) is 92.5 cm³/mol. The first-order valence-corrected chi connectivity index (χ1v) is 8.33. The lowest BCUT2D eigenvalue weighted by atomic mass is 9.87. The third kappa shape index (κ3) is 3.50. The van der Waals surface area contributed by atoms with Gasteiger partial charge in [-0.2, -0.15) is 0 Å². The number of benzene rings is 2. The first-order chi connectivity index (χ1) is 10.6. The minimum atomic E-state index is 0.0667. The number of anilines is 1. The lowest BCUT2D eigenvalue weighted by Crippen LogP contribution is -2.32. The van der Waals surface area contributed by atoms with Gasteiger partial charge in [-0.25, -0.2) is 0 Å². The maximum Gasteiger partial charge on any atom is 0.224 e. The maximum absolute atomic E-state index is 12.3. The summed E-state index contributed by atoms with van der Waals surface area (Å²) in [5.41, 5.74) is 10.1. The highest BCUT2D eigenvalue weighted by Gasteiger charge is 2.21. The molecule has 0 radical (unpaired) electrons. The molecule has 22 heavy (non-hydrogen) atoms. The second-order valence-electron chi connectivity index (χ2n) is 5.77. The van der Waals surface area contributed by atoms with Crippen LogP contribution in [0.3, 0.4) is 0 Å². The van der Waals surface area contributed by atoms with Gasteiger partial charge in [0.05, 0.1) is 12.5 Å². The summed E-state index contributed by atoms with van der Waals surface area (Å²) in [7, 11) is 0. The van der Waals surface area contributed by atoms with Crippen molar-refractivity contribution in [3.05, 3.63) is 63.6 Å². The number of hydrogen-bond donors (Lipinski definition) is 2. The van der Waals surface area contributed by atoms with Crippen LogP contribution in [0.15, 0.2) is 46.9 Å². The molecule has 3 nitrogen and oxygen atoms in total. The van der Waals surface area contributed by atoms with Crippen molar-refractivity contribution in [1.29, 1.82) is 0 Å². The monoisotopic (exact) mass is 358 g/mol. The van der Waals surface area contributed by atoms with Gasteiger partial charge in [0.15, 0.2) is 0 Å². The van der Waals surface area contributed by atoms with E-state index in [9.17, 15) is 4.79 Å². The van der Waals surface area contributed by atoms with Gasteiger partial charge in [0.1, 0.15) is 0 Å². The maximum atomic E-state index is 12.3. The van der Waals surface area contributed by atoms with Crippen LogP contribution >= 0.6 is 15.9 Å². The van der Waals surface area contributed by atoms with Crippen molar-refractivity contribution in [3.63, 3.8) is 0 Å². The normalized spacial score (nSPS) is 16.9. The lowest BCUT2D eigenvalue weighted by molar-refractivity contribution is -0.121. The van der Waals surface area contributed by atoms with Gasteiger partial charge in [0.2, 0.25) is 5.91 Å². The van der Waals surface area contributed by atoms with Crippen LogP contribution in [0.4, 0.5) is 5.69 Å². The zero-order valence-electron chi connectivity index (χ0n) is 12.3. The standard InChI is InChI=1S/C18H19BrN2O/c19-14-6-4-12(5-7-14)10-18(22)21-17-3-1-2-13-11-15(20)8-9-16(13)17/h4-9,11,17H,1-3,10,20H2,(H,21,22). The average molecular weight is 359 g/mol. The molecule has 0 saturated carbocycles. The summed E-state index contributed by atoms with van der Waals surface area (Å²) in [6, 6.07) is 14.0. The number of carbonyl (C=O) groups excluding carboxylic acids is 1. The molecule has 4 heteroatoms. The molecule has 0 aliphatic heterocycles. The van der Waals surface area contributed by atoms with Crippen molar-refractivity contribution in [2.75, 3.05) is 5.73 Å². The number of fused-ring (bicyclic) bond motifs is 1. The smallest absolute Gasteiger partial charge is 0.224 e. The van der Waals surface area contributed by atoms with E-state index in [1.807, 2.05) is 36.4 Å². The van der Waals surface area contributed by atoms with Crippen LogP contribution in [0, 0.1) is 0 Å². The van der Waals surface area contributed by atoms with Gasteiger partial charge in [-0.3, -0.25) is 4.79 Å². The van der Waals surface area contributed by atoms with E-state index in [0.29, 0.717) is 6.42 Å². The van der Waals surface area contributed by atoms with Crippen LogP contribution in [-0.2, 0) is 17.6 Å². The fourth-order valence-electron chi connectivity index (χ4n) is 3.02. The molecule has 2 aromatic carbocycles. The third-order valence-electron chi connectivity index (χ3n) is 4.09. The highest BCUT2D eigenvalue weighted by Crippen LogP contribution is 2.31. The summed E-state index contributed by atoms with van der Waals surface area (Å²) in [6.45, 7) is 0. The Labute approximate surface area is 139 Å². The summed E-state index contributed by atoms with van der Waals surface area (Å²) in [4.78, 5) is 12.3. The molecule has 3 rings (SSSR count). The van der Waals surface area contributed by atoms with Gasteiger partial charge in [0.25, 0.3) is 0 Å². The van der Waals surface area contributed by atoms with Crippen molar-refractivity contribution >= 4 is 27.5 Å². The van der Waals surface area contributed by atoms with E-state index >= 15 is 0 Å². The first kappa shape index (κ1) is 15.1. The van der Waals surface area contributed by atoms with E-state index < -0.39 is 0 Å². The zero-order chi connectivity index (χ0) is 15.5.